The number of nitrogens with one attached hydrogen (secondary N) is 1. The van der Waals surface area contributed by atoms with Crippen molar-refractivity contribution in [2.24, 2.45) is 11.8 Å². The number of aromatic nitrogens is 2. The monoisotopic (exact) mass is 290 g/mol. The van der Waals surface area contributed by atoms with Gasteiger partial charge in [0.1, 0.15) is 11.9 Å². The van der Waals surface area contributed by atoms with Crippen LogP contribution in [0.3, 0.4) is 0 Å². The number of hydrogen-bond acceptors (Lipinski definition) is 5. The molecule has 1 heterocycles. The predicted octanol–water partition coefficient (Wildman–Crippen LogP) is 2.74. The fourth-order valence-corrected chi connectivity index (χ4v) is 2.20. The van der Waals surface area contributed by atoms with Crippen LogP contribution in [0.2, 0.25) is 0 Å². The van der Waals surface area contributed by atoms with E-state index in [1.165, 1.54) is 6.07 Å². The van der Waals surface area contributed by atoms with Crippen molar-refractivity contribution >= 4 is 5.82 Å². The van der Waals surface area contributed by atoms with Gasteiger partial charge in [-0.05, 0) is 31.6 Å². The summed E-state index contributed by atoms with van der Waals surface area (Å²) in [5.41, 5.74) is 2.09. The second kappa shape index (κ2) is 5.82. The van der Waals surface area contributed by atoms with Crippen molar-refractivity contribution in [1.82, 2.24) is 9.97 Å². The van der Waals surface area contributed by atoms with Crippen molar-refractivity contribution in [2.45, 2.75) is 44.9 Å². The summed E-state index contributed by atoms with van der Waals surface area (Å²) in [5, 5.41) is 0. The summed E-state index contributed by atoms with van der Waals surface area (Å²) < 4.78 is 43.5. The Morgan fingerprint density at radius 1 is 1.25 bits per heavy atom. The van der Waals surface area contributed by atoms with Crippen LogP contribution in [-0.4, -0.2) is 16.1 Å². The summed E-state index contributed by atoms with van der Waals surface area (Å²) in [5.74, 6) is 4.28. The van der Waals surface area contributed by atoms with Crippen LogP contribution in [0.15, 0.2) is 6.07 Å². The second-order valence-electron chi connectivity index (χ2n) is 5.06. The number of anilines is 1. The van der Waals surface area contributed by atoms with E-state index in [0.717, 1.165) is 25.7 Å². The third kappa shape index (κ3) is 3.72. The average Bonchev–Trinajstić information content (AvgIpc) is 2.40. The number of halogens is 3. The van der Waals surface area contributed by atoms with E-state index in [-0.39, 0.29) is 17.8 Å². The molecule has 112 valence electrons. The maximum atomic E-state index is 12.7. The van der Waals surface area contributed by atoms with Gasteiger partial charge in [-0.15, -0.1) is 0 Å². The Hall–Kier alpha value is -1.57. The lowest BCUT2D eigenvalue weighted by Gasteiger charge is -2.26. The van der Waals surface area contributed by atoms with Crippen molar-refractivity contribution in [3.8, 4) is 5.88 Å². The average molecular weight is 290 g/mol. The third-order valence-corrected chi connectivity index (χ3v) is 3.35. The van der Waals surface area contributed by atoms with E-state index < -0.39 is 12.0 Å². The highest BCUT2D eigenvalue weighted by molar-refractivity contribution is 5.37. The Labute approximate surface area is 114 Å². The topological polar surface area (TPSA) is 73.1 Å². The molecule has 1 aromatic heterocycles. The van der Waals surface area contributed by atoms with E-state index in [1.807, 2.05) is 0 Å². The molecular formula is C12H17F3N4O. The van der Waals surface area contributed by atoms with E-state index in [1.54, 1.807) is 0 Å². The van der Waals surface area contributed by atoms with Gasteiger partial charge < -0.3 is 10.2 Å². The van der Waals surface area contributed by atoms with Gasteiger partial charge in [-0.25, -0.2) is 10.8 Å². The zero-order chi connectivity index (χ0) is 14.8. The normalized spacial score (nSPS) is 23.4. The SMILES string of the molecule is CC1CCC(Oc2cc(NN)nc(C(F)(F)F)n2)CC1. The Balaban J connectivity index is 2.14. The van der Waals surface area contributed by atoms with E-state index in [2.05, 4.69) is 22.3 Å². The number of alkyl halides is 3. The van der Waals surface area contributed by atoms with Gasteiger partial charge in [-0.1, -0.05) is 6.92 Å². The molecule has 2 rings (SSSR count). The Morgan fingerprint density at radius 2 is 1.90 bits per heavy atom. The summed E-state index contributed by atoms with van der Waals surface area (Å²) in [6.07, 6.45) is -1.09. The summed E-state index contributed by atoms with van der Waals surface area (Å²) in [7, 11) is 0. The molecule has 0 bridgehead atoms. The van der Waals surface area contributed by atoms with Crippen LogP contribution in [0.25, 0.3) is 0 Å². The molecule has 0 amide bonds. The minimum Gasteiger partial charge on any atom is -0.474 e. The fourth-order valence-electron chi connectivity index (χ4n) is 2.20. The highest BCUT2D eigenvalue weighted by Crippen LogP contribution is 2.31. The van der Waals surface area contributed by atoms with Crippen molar-refractivity contribution in [1.29, 1.82) is 0 Å². The number of nitrogens with two attached hydrogens (primary N) is 1. The van der Waals surface area contributed by atoms with E-state index >= 15 is 0 Å². The van der Waals surface area contributed by atoms with Gasteiger partial charge in [-0.3, -0.25) is 0 Å². The van der Waals surface area contributed by atoms with Crippen LogP contribution in [-0.2, 0) is 6.18 Å². The summed E-state index contributed by atoms with van der Waals surface area (Å²) in [6.45, 7) is 2.15. The van der Waals surface area contributed by atoms with Crippen LogP contribution >= 0.6 is 0 Å². The van der Waals surface area contributed by atoms with Crippen LogP contribution < -0.4 is 16.0 Å². The third-order valence-electron chi connectivity index (χ3n) is 3.35. The molecule has 3 N–H and O–H groups in total. The molecule has 1 aliphatic carbocycles. The van der Waals surface area contributed by atoms with Crippen molar-refractivity contribution in [3.63, 3.8) is 0 Å². The summed E-state index contributed by atoms with van der Waals surface area (Å²) in [4.78, 5) is 6.69. The summed E-state index contributed by atoms with van der Waals surface area (Å²) in [6, 6.07) is 1.27. The predicted molar refractivity (Wildman–Crippen MR) is 66.9 cm³/mol. The molecule has 0 radical (unpaired) electrons. The summed E-state index contributed by atoms with van der Waals surface area (Å²) >= 11 is 0. The van der Waals surface area contributed by atoms with Gasteiger partial charge in [0.15, 0.2) is 0 Å². The molecule has 0 atom stereocenters. The van der Waals surface area contributed by atoms with Crippen molar-refractivity contribution in [3.05, 3.63) is 11.9 Å². The number of hydrogen-bond donors (Lipinski definition) is 2. The zero-order valence-electron chi connectivity index (χ0n) is 11.1. The maximum absolute atomic E-state index is 12.7. The number of nitrogens with zero attached hydrogens (tertiary/aromatic N) is 2. The lowest BCUT2D eigenvalue weighted by molar-refractivity contribution is -0.145. The number of rotatable bonds is 3. The lowest BCUT2D eigenvalue weighted by Crippen LogP contribution is -2.24. The molecule has 5 nitrogen and oxygen atoms in total. The van der Waals surface area contributed by atoms with E-state index in [4.69, 9.17) is 10.6 Å². The van der Waals surface area contributed by atoms with Gasteiger partial charge in [-0.2, -0.15) is 18.2 Å². The van der Waals surface area contributed by atoms with Gasteiger partial charge in [0.2, 0.25) is 11.7 Å². The zero-order valence-corrected chi connectivity index (χ0v) is 11.1. The molecule has 1 fully saturated rings. The molecule has 0 aromatic carbocycles. The second-order valence-corrected chi connectivity index (χ2v) is 5.06. The lowest BCUT2D eigenvalue weighted by atomic mass is 9.89. The first kappa shape index (κ1) is 14.8. The van der Waals surface area contributed by atoms with Gasteiger partial charge in [0.05, 0.1) is 0 Å². The Bertz CT molecular complexity index is 459. The first-order valence-electron chi connectivity index (χ1n) is 6.48. The molecule has 0 saturated heterocycles. The smallest absolute Gasteiger partial charge is 0.451 e. The maximum Gasteiger partial charge on any atom is 0.451 e. The van der Waals surface area contributed by atoms with Gasteiger partial charge in [0.25, 0.3) is 0 Å². The quantitative estimate of drug-likeness (QED) is 0.661. The minimum atomic E-state index is -4.63. The molecule has 1 aliphatic rings. The molecular weight excluding hydrogens is 273 g/mol. The van der Waals surface area contributed by atoms with Crippen molar-refractivity contribution in [2.75, 3.05) is 5.43 Å². The van der Waals surface area contributed by atoms with Crippen LogP contribution in [0.4, 0.5) is 19.0 Å². The number of ether oxygens (including phenoxy) is 1. The first-order chi connectivity index (χ1) is 9.38. The number of hydrazine groups is 1. The highest BCUT2D eigenvalue weighted by Gasteiger charge is 2.36. The van der Waals surface area contributed by atoms with Gasteiger partial charge in [0, 0.05) is 6.07 Å². The minimum absolute atomic E-state index is 0.0974. The standard InChI is InChI=1S/C12H17F3N4O/c1-7-2-4-8(5-3-7)20-10-6-9(19-16)17-11(18-10)12(13,14)15/h6-8H,2-5,16H2,1H3,(H,17,18,19). The molecule has 1 aromatic rings. The van der Waals surface area contributed by atoms with Crippen LogP contribution in [0.1, 0.15) is 38.4 Å². The molecule has 8 heteroatoms. The van der Waals surface area contributed by atoms with Crippen LogP contribution in [0, 0.1) is 5.92 Å². The van der Waals surface area contributed by atoms with Crippen LogP contribution in [0.5, 0.6) is 5.88 Å². The Morgan fingerprint density at radius 3 is 2.45 bits per heavy atom. The largest absolute Gasteiger partial charge is 0.474 e. The van der Waals surface area contributed by atoms with E-state index in [9.17, 15) is 13.2 Å². The molecule has 20 heavy (non-hydrogen) atoms. The molecule has 0 spiro atoms. The molecule has 1 saturated carbocycles. The van der Waals surface area contributed by atoms with Gasteiger partial charge >= 0.3 is 6.18 Å². The van der Waals surface area contributed by atoms with E-state index in [0.29, 0.717) is 5.92 Å². The van der Waals surface area contributed by atoms with Crippen molar-refractivity contribution < 1.29 is 17.9 Å². The highest BCUT2D eigenvalue weighted by atomic mass is 19.4. The fraction of sp³-hybridized carbons (Fsp3) is 0.667. The number of nitrogen functional groups attached to an aromatic ring is 1. The molecule has 0 aliphatic heterocycles. The molecule has 0 unspecified atom stereocenters. The first-order valence-corrected chi connectivity index (χ1v) is 6.48. The Kier molecular flexibility index (Phi) is 4.32.